The van der Waals surface area contributed by atoms with Crippen molar-refractivity contribution in [2.24, 2.45) is 0 Å². The minimum atomic E-state index is -3.72. The standard InChI is InChI=1S/C22H26N4O4S/c1-16-6-2-5-9-18(16)25-12-14-26(15-13-25)31(27,28)20-11-10-19(29-20)22-24-23-21(30-22)17-7-3-4-8-17/h2,5-6,9-11,17H,3-4,7-8,12-15H2,1H3. The number of benzene rings is 1. The number of hydrogen-bond donors (Lipinski definition) is 0. The second-order valence-electron chi connectivity index (χ2n) is 8.22. The number of sulfonamides is 1. The maximum atomic E-state index is 13.1. The number of anilines is 1. The fraction of sp³-hybridized carbons (Fsp3) is 0.455. The lowest BCUT2D eigenvalue weighted by Gasteiger charge is -2.35. The van der Waals surface area contributed by atoms with Crippen molar-refractivity contribution in [2.45, 2.75) is 43.6 Å². The lowest BCUT2D eigenvalue weighted by atomic mass is 10.1. The van der Waals surface area contributed by atoms with Crippen molar-refractivity contribution in [3.05, 3.63) is 47.9 Å². The van der Waals surface area contributed by atoms with Crippen LogP contribution in [-0.4, -0.2) is 49.1 Å². The molecule has 31 heavy (non-hydrogen) atoms. The van der Waals surface area contributed by atoms with E-state index >= 15 is 0 Å². The molecule has 1 saturated carbocycles. The van der Waals surface area contributed by atoms with Crippen LogP contribution < -0.4 is 4.90 Å². The molecule has 0 N–H and O–H groups in total. The van der Waals surface area contributed by atoms with Gasteiger partial charge in [0.2, 0.25) is 11.0 Å². The number of hydrogen-bond acceptors (Lipinski definition) is 7. The van der Waals surface area contributed by atoms with Crippen LogP contribution in [-0.2, 0) is 10.0 Å². The molecule has 9 heteroatoms. The first-order chi connectivity index (χ1) is 15.0. The Kier molecular flexibility index (Phi) is 5.31. The molecule has 3 heterocycles. The Morgan fingerprint density at radius 2 is 1.68 bits per heavy atom. The van der Waals surface area contributed by atoms with Crippen LogP contribution in [0.2, 0.25) is 0 Å². The van der Waals surface area contributed by atoms with E-state index in [1.54, 1.807) is 6.07 Å². The van der Waals surface area contributed by atoms with Crippen LogP contribution in [0.25, 0.3) is 11.7 Å². The smallest absolute Gasteiger partial charge is 0.283 e. The van der Waals surface area contributed by atoms with Crippen molar-refractivity contribution >= 4 is 15.7 Å². The average Bonchev–Trinajstić information content (AvgIpc) is 3.55. The summed E-state index contributed by atoms with van der Waals surface area (Å²) in [5.74, 6) is 1.42. The van der Waals surface area contributed by atoms with Gasteiger partial charge in [0.15, 0.2) is 5.76 Å². The fourth-order valence-corrected chi connectivity index (χ4v) is 5.79. The zero-order chi connectivity index (χ0) is 21.4. The Hall–Kier alpha value is -2.65. The van der Waals surface area contributed by atoms with E-state index in [1.807, 2.05) is 12.1 Å². The summed E-state index contributed by atoms with van der Waals surface area (Å²) in [6.45, 7) is 4.13. The first kappa shape index (κ1) is 20.3. The molecule has 5 rings (SSSR count). The van der Waals surface area contributed by atoms with Crippen LogP contribution in [0.15, 0.2) is 50.3 Å². The normalized spacial score (nSPS) is 18.7. The highest BCUT2D eigenvalue weighted by molar-refractivity contribution is 7.89. The quantitative estimate of drug-likeness (QED) is 0.593. The van der Waals surface area contributed by atoms with E-state index in [0.29, 0.717) is 38.0 Å². The predicted molar refractivity (Wildman–Crippen MR) is 115 cm³/mol. The van der Waals surface area contributed by atoms with Gasteiger partial charge >= 0.3 is 0 Å². The van der Waals surface area contributed by atoms with Crippen molar-refractivity contribution in [1.29, 1.82) is 0 Å². The van der Waals surface area contributed by atoms with Crippen molar-refractivity contribution < 1.29 is 17.3 Å². The van der Waals surface area contributed by atoms with Crippen LogP contribution in [0.3, 0.4) is 0 Å². The number of nitrogens with zero attached hydrogens (tertiary/aromatic N) is 4. The lowest BCUT2D eigenvalue weighted by molar-refractivity contribution is 0.361. The molecule has 2 fully saturated rings. The number of piperazine rings is 1. The fourth-order valence-electron chi connectivity index (χ4n) is 4.46. The van der Waals surface area contributed by atoms with E-state index in [4.69, 9.17) is 8.83 Å². The molecule has 1 saturated heterocycles. The number of para-hydroxylation sites is 1. The van der Waals surface area contributed by atoms with E-state index in [2.05, 4.69) is 34.2 Å². The number of aryl methyl sites for hydroxylation is 1. The van der Waals surface area contributed by atoms with E-state index in [9.17, 15) is 8.42 Å². The highest BCUT2D eigenvalue weighted by Crippen LogP contribution is 2.35. The van der Waals surface area contributed by atoms with Crippen LogP contribution >= 0.6 is 0 Å². The molecule has 0 atom stereocenters. The Labute approximate surface area is 181 Å². The van der Waals surface area contributed by atoms with Crippen LogP contribution in [0.4, 0.5) is 5.69 Å². The zero-order valence-electron chi connectivity index (χ0n) is 17.5. The highest BCUT2D eigenvalue weighted by atomic mass is 32.2. The third kappa shape index (κ3) is 3.87. The Bertz CT molecular complexity index is 1160. The minimum absolute atomic E-state index is 0.0903. The molecule has 1 aliphatic heterocycles. The molecular formula is C22H26N4O4S. The Balaban J connectivity index is 1.29. The van der Waals surface area contributed by atoms with Crippen molar-refractivity contribution in [3.63, 3.8) is 0 Å². The summed E-state index contributed by atoms with van der Waals surface area (Å²) in [5, 5.41) is 8.11. The van der Waals surface area contributed by atoms with Gasteiger partial charge in [0, 0.05) is 37.8 Å². The zero-order valence-corrected chi connectivity index (χ0v) is 18.3. The van der Waals surface area contributed by atoms with Gasteiger partial charge in [0.25, 0.3) is 15.9 Å². The summed E-state index contributed by atoms with van der Waals surface area (Å²) < 4.78 is 39.1. The van der Waals surface area contributed by atoms with Gasteiger partial charge in [0.05, 0.1) is 0 Å². The van der Waals surface area contributed by atoms with Crippen molar-refractivity contribution in [1.82, 2.24) is 14.5 Å². The average molecular weight is 443 g/mol. The van der Waals surface area contributed by atoms with Crippen LogP contribution in [0, 0.1) is 6.92 Å². The highest BCUT2D eigenvalue weighted by Gasteiger charge is 2.32. The van der Waals surface area contributed by atoms with Gasteiger partial charge in [-0.15, -0.1) is 10.2 Å². The topological polar surface area (TPSA) is 92.7 Å². The van der Waals surface area contributed by atoms with E-state index in [1.165, 1.54) is 28.8 Å². The second kappa shape index (κ2) is 8.12. The van der Waals surface area contributed by atoms with Gasteiger partial charge in [-0.2, -0.15) is 4.31 Å². The van der Waals surface area contributed by atoms with Crippen LogP contribution in [0.1, 0.15) is 43.1 Å². The summed E-state index contributed by atoms with van der Waals surface area (Å²) in [7, 11) is -3.72. The molecule has 1 aromatic carbocycles. The molecule has 3 aromatic rings. The number of aromatic nitrogens is 2. The van der Waals surface area contributed by atoms with Gasteiger partial charge in [0.1, 0.15) is 0 Å². The summed E-state index contributed by atoms with van der Waals surface area (Å²) in [6, 6.07) is 11.2. The molecular weight excluding hydrogens is 416 g/mol. The number of furan rings is 1. The van der Waals surface area contributed by atoms with Crippen molar-refractivity contribution in [2.75, 3.05) is 31.1 Å². The van der Waals surface area contributed by atoms with Gasteiger partial charge in [-0.05, 0) is 43.5 Å². The van der Waals surface area contributed by atoms with E-state index < -0.39 is 10.0 Å². The SMILES string of the molecule is Cc1ccccc1N1CCN(S(=O)(=O)c2ccc(-c3nnc(C4CCCC4)o3)o2)CC1. The largest absolute Gasteiger partial charge is 0.438 e. The lowest BCUT2D eigenvalue weighted by Crippen LogP contribution is -2.48. The maximum absolute atomic E-state index is 13.1. The molecule has 1 aliphatic carbocycles. The van der Waals surface area contributed by atoms with E-state index in [0.717, 1.165) is 18.5 Å². The molecule has 0 radical (unpaired) electrons. The first-order valence-corrected chi connectivity index (χ1v) is 12.2. The van der Waals surface area contributed by atoms with Gasteiger partial charge in [-0.3, -0.25) is 0 Å². The van der Waals surface area contributed by atoms with Crippen molar-refractivity contribution in [3.8, 4) is 11.7 Å². The van der Waals surface area contributed by atoms with Gasteiger partial charge in [-0.1, -0.05) is 31.0 Å². The van der Waals surface area contributed by atoms with Gasteiger partial charge in [-0.25, -0.2) is 8.42 Å². The molecule has 2 aromatic heterocycles. The third-order valence-corrected chi connectivity index (χ3v) is 8.00. The van der Waals surface area contributed by atoms with Crippen LogP contribution in [0.5, 0.6) is 0 Å². The molecule has 0 unspecified atom stereocenters. The Morgan fingerprint density at radius 3 is 2.42 bits per heavy atom. The summed E-state index contributed by atoms with van der Waals surface area (Å²) >= 11 is 0. The molecule has 2 aliphatic rings. The molecule has 164 valence electrons. The third-order valence-electron chi connectivity index (χ3n) is 6.23. The summed E-state index contributed by atoms with van der Waals surface area (Å²) in [5.41, 5.74) is 2.33. The summed E-state index contributed by atoms with van der Waals surface area (Å²) in [4.78, 5) is 2.22. The van der Waals surface area contributed by atoms with E-state index in [-0.39, 0.29) is 16.7 Å². The molecule has 0 amide bonds. The first-order valence-electron chi connectivity index (χ1n) is 10.8. The monoisotopic (exact) mass is 442 g/mol. The number of rotatable bonds is 5. The summed E-state index contributed by atoms with van der Waals surface area (Å²) in [6.07, 6.45) is 4.44. The molecule has 0 bridgehead atoms. The molecule has 8 nitrogen and oxygen atoms in total. The molecule has 0 spiro atoms. The Morgan fingerprint density at radius 1 is 0.935 bits per heavy atom. The minimum Gasteiger partial charge on any atom is -0.438 e. The second-order valence-corrected chi connectivity index (χ2v) is 10.1. The van der Waals surface area contributed by atoms with Gasteiger partial charge < -0.3 is 13.7 Å². The maximum Gasteiger partial charge on any atom is 0.283 e. The predicted octanol–water partition coefficient (Wildman–Crippen LogP) is 3.81.